The second-order valence-corrected chi connectivity index (χ2v) is 5.53. The molecule has 1 fully saturated rings. The summed E-state index contributed by atoms with van der Waals surface area (Å²) in [5, 5.41) is 16.1. The Kier molecular flexibility index (Phi) is 4.22. The molecule has 0 radical (unpaired) electrons. The van der Waals surface area contributed by atoms with E-state index >= 15 is 0 Å². The molecule has 104 valence electrons. The van der Waals surface area contributed by atoms with Gasteiger partial charge in [-0.3, -0.25) is 4.79 Å². The van der Waals surface area contributed by atoms with Gasteiger partial charge in [0.05, 0.1) is 12.0 Å². The standard InChI is InChI=1S/C15H22N2O2/c1-11-3-4-12(2)13(7-11)8-14(18)17-10-15(19)5-6-16-9-15/h3-4,7,16,19H,5-6,8-10H2,1-2H3,(H,17,18). The van der Waals surface area contributed by atoms with Crippen molar-refractivity contribution in [2.24, 2.45) is 0 Å². The molecule has 4 heteroatoms. The van der Waals surface area contributed by atoms with Gasteiger partial charge in [-0.1, -0.05) is 23.8 Å². The molecule has 3 N–H and O–H groups in total. The van der Waals surface area contributed by atoms with Crippen LogP contribution in [0.4, 0.5) is 0 Å². The van der Waals surface area contributed by atoms with Gasteiger partial charge in [0.2, 0.25) is 5.91 Å². The highest BCUT2D eigenvalue weighted by molar-refractivity contribution is 5.79. The lowest BCUT2D eigenvalue weighted by molar-refractivity contribution is -0.121. The van der Waals surface area contributed by atoms with Gasteiger partial charge >= 0.3 is 0 Å². The maximum absolute atomic E-state index is 11.9. The summed E-state index contributed by atoms with van der Waals surface area (Å²) in [6.45, 7) is 5.72. The van der Waals surface area contributed by atoms with Crippen LogP contribution in [0.15, 0.2) is 18.2 Å². The van der Waals surface area contributed by atoms with E-state index in [0.717, 1.165) is 23.2 Å². The molecular weight excluding hydrogens is 240 g/mol. The third-order valence-corrected chi connectivity index (χ3v) is 3.69. The van der Waals surface area contributed by atoms with Crippen LogP contribution in [0.2, 0.25) is 0 Å². The molecule has 19 heavy (non-hydrogen) atoms. The monoisotopic (exact) mass is 262 g/mol. The van der Waals surface area contributed by atoms with Crippen molar-refractivity contribution >= 4 is 5.91 Å². The zero-order chi connectivity index (χ0) is 13.9. The fourth-order valence-corrected chi connectivity index (χ4v) is 2.37. The minimum Gasteiger partial charge on any atom is -0.387 e. The van der Waals surface area contributed by atoms with Crippen molar-refractivity contribution in [1.82, 2.24) is 10.6 Å². The van der Waals surface area contributed by atoms with Crippen LogP contribution < -0.4 is 10.6 Å². The number of hydrogen-bond donors (Lipinski definition) is 3. The molecule has 1 heterocycles. The highest BCUT2D eigenvalue weighted by atomic mass is 16.3. The summed E-state index contributed by atoms with van der Waals surface area (Å²) < 4.78 is 0. The summed E-state index contributed by atoms with van der Waals surface area (Å²) >= 11 is 0. The number of β-amino-alcohol motifs (C(OH)–C–C–N with tert-alkyl or cyclic N) is 1. The number of carbonyl (C=O) groups is 1. The molecule has 0 spiro atoms. The summed E-state index contributed by atoms with van der Waals surface area (Å²) in [7, 11) is 0. The molecule has 0 aliphatic carbocycles. The number of nitrogens with one attached hydrogen (secondary N) is 2. The molecule has 0 saturated carbocycles. The largest absolute Gasteiger partial charge is 0.387 e. The molecule has 1 aliphatic rings. The Labute approximate surface area is 114 Å². The lowest BCUT2D eigenvalue weighted by Crippen LogP contribution is -2.44. The fraction of sp³-hybridized carbons (Fsp3) is 0.533. The van der Waals surface area contributed by atoms with E-state index in [9.17, 15) is 9.90 Å². The van der Waals surface area contributed by atoms with Crippen molar-refractivity contribution in [2.45, 2.75) is 32.3 Å². The molecule has 1 atom stereocenters. The average molecular weight is 262 g/mol. The smallest absolute Gasteiger partial charge is 0.224 e. The van der Waals surface area contributed by atoms with Gasteiger partial charge < -0.3 is 15.7 Å². The molecule has 1 aromatic rings. The zero-order valence-corrected chi connectivity index (χ0v) is 11.6. The van der Waals surface area contributed by atoms with E-state index in [1.807, 2.05) is 32.0 Å². The van der Waals surface area contributed by atoms with Crippen molar-refractivity contribution in [2.75, 3.05) is 19.6 Å². The first-order valence-electron chi connectivity index (χ1n) is 6.74. The van der Waals surface area contributed by atoms with E-state index in [1.165, 1.54) is 0 Å². The van der Waals surface area contributed by atoms with Crippen molar-refractivity contribution in [1.29, 1.82) is 0 Å². The predicted molar refractivity (Wildman–Crippen MR) is 75.1 cm³/mol. The highest BCUT2D eigenvalue weighted by Crippen LogP contribution is 2.14. The maximum atomic E-state index is 11.9. The SMILES string of the molecule is Cc1ccc(C)c(CC(=O)NCC2(O)CCNC2)c1. The summed E-state index contributed by atoms with van der Waals surface area (Å²) in [6.07, 6.45) is 1.06. The Hall–Kier alpha value is -1.39. The van der Waals surface area contributed by atoms with Crippen LogP contribution in [-0.2, 0) is 11.2 Å². The summed E-state index contributed by atoms with van der Waals surface area (Å²) in [4.78, 5) is 11.9. The lowest BCUT2D eigenvalue weighted by atomic mass is 10.0. The van der Waals surface area contributed by atoms with Crippen molar-refractivity contribution in [3.8, 4) is 0 Å². The fourth-order valence-electron chi connectivity index (χ4n) is 2.37. The quantitative estimate of drug-likeness (QED) is 0.748. The van der Waals surface area contributed by atoms with Crippen LogP contribution in [0.25, 0.3) is 0 Å². The molecule has 1 amide bonds. The minimum absolute atomic E-state index is 0.0333. The molecular formula is C15H22N2O2. The summed E-state index contributed by atoms with van der Waals surface area (Å²) in [6, 6.07) is 6.12. The van der Waals surface area contributed by atoms with Crippen LogP contribution in [-0.4, -0.2) is 36.2 Å². The Morgan fingerprint density at radius 3 is 2.95 bits per heavy atom. The van der Waals surface area contributed by atoms with E-state index in [-0.39, 0.29) is 5.91 Å². The van der Waals surface area contributed by atoms with Crippen molar-refractivity contribution < 1.29 is 9.90 Å². The first-order valence-corrected chi connectivity index (χ1v) is 6.74. The molecule has 0 bridgehead atoms. The van der Waals surface area contributed by atoms with Gasteiger partial charge in [-0.15, -0.1) is 0 Å². The van der Waals surface area contributed by atoms with Crippen molar-refractivity contribution in [3.05, 3.63) is 34.9 Å². The topological polar surface area (TPSA) is 61.4 Å². The average Bonchev–Trinajstić information content (AvgIpc) is 2.79. The van der Waals surface area contributed by atoms with Crippen LogP contribution >= 0.6 is 0 Å². The summed E-state index contributed by atoms with van der Waals surface area (Å²) in [5.41, 5.74) is 2.56. The Balaban J connectivity index is 1.89. The van der Waals surface area contributed by atoms with Crippen LogP contribution in [0.5, 0.6) is 0 Å². The molecule has 2 rings (SSSR count). The molecule has 4 nitrogen and oxygen atoms in total. The van der Waals surface area contributed by atoms with Crippen LogP contribution in [0, 0.1) is 13.8 Å². The molecule has 1 unspecified atom stereocenters. The number of rotatable bonds is 4. The van der Waals surface area contributed by atoms with E-state index in [4.69, 9.17) is 0 Å². The minimum atomic E-state index is -0.780. The molecule has 1 saturated heterocycles. The van der Waals surface area contributed by atoms with E-state index in [1.54, 1.807) is 0 Å². The number of aliphatic hydroxyl groups is 1. The number of carbonyl (C=O) groups excluding carboxylic acids is 1. The van der Waals surface area contributed by atoms with Crippen LogP contribution in [0.3, 0.4) is 0 Å². The van der Waals surface area contributed by atoms with Gasteiger partial charge in [-0.25, -0.2) is 0 Å². The number of aryl methyl sites for hydroxylation is 2. The van der Waals surface area contributed by atoms with E-state index in [2.05, 4.69) is 10.6 Å². The number of hydrogen-bond acceptors (Lipinski definition) is 3. The summed E-state index contributed by atoms with van der Waals surface area (Å²) in [5.74, 6) is -0.0333. The molecule has 1 aromatic carbocycles. The second-order valence-electron chi connectivity index (χ2n) is 5.53. The molecule has 1 aliphatic heterocycles. The third kappa shape index (κ3) is 3.78. The Bertz CT molecular complexity index is 465. The van der Waals surface area contributed by atoms with Gasteiger partial charge in [-0.2, -0.15) is 0 Å². The number of amides is 1. The van der Waals surface area contributed by atoms with Gasteiger partial charge in [-0.05, 0) is 37.9 Å². The zero-order valence-electron chi connectivity index (χ0n) is 11.6. The normalized spacial score (nSPS) is 22.5. The van der Waals surface area contributed by atoms with Gasteiger partial charge in [0, 0.05) is 13.1 Å². The Morgan fingerprint density at radius 1 is 1.47 bits per heavy atom. The second kappa shape index (κ2) is 5.72. The van der Waals surface area contributed by atoms with E-state index in [0.29, 0.717) is 25.9 Å². The maximum Gasteiger partial charge on any atom is 0.224 e. The van der Waals surface area contributed by atoms with Gasteiger partial charge in [0.1, 0.15) is 0 Å². The molecule has 0 aromatic heterocycles. The highest BCUT2D eigenvalue weighted by Gasteiger charge is 2.31. The Morgan fingerprint density at radius 2 is 2.26 bits per heavy atom. The van der Waals surface area contributed by atoms with E-state index < -0.39 is 5.60 Å². The third-order valence-electron chi connectivity index (χ3n) is 3.69. The first-order chi connectivity index (χ1) is 8.98. The van der Waals surface area contributed by atoms with Crippen LogP contribution in [0.1, 0.15) is 23.1 Å². The van der Waals surface area contributed by atoms with Gasteiger partial charge in [0.25, 0.3) is 0 Å². The van der Waals surface area contributed by atoms with Crippen molar-refractivity contribution in [3.63, 3.8) is 0 Å². The lowest BCUT2D eigenvalue weighted by Gasteiger charge is -2.21. The number of benzene rings is 1. The first kappa shape index (κ1) is 14.0. The predicted octanol–water partition coefficient (Wildman–Crippen LogP) is 0.687. The van der Waals surface area contributed by atoms with Gasteiger partial charge in [0.15, 0.2) is 0 Å².